The number of nitrogens with zero attached hydrogens (tertiary/aromatic N) is 7. The van der Waals surface area contributed by atoms with Gasteiger partial charge in [0, 0.05) is 10.8 Å². The normalized spacial score (nSPS) is 32.2. The minimum Gasteiger partial charge on any atom is -0.382 e. The molecule has 3 fully saturated rings. The fraction of sp³-hybridized carbons (Fsp3) is 0.625. The van der Waals surface area contributed by atoms with Crippen LogP contribution in [0.2, 0.25) is 0 Å². The second-order valence-electron chi connectivity index (χ2n) is 15.9. The third kappa shape index (κ3) is 8.11. The third-order valence-corrected chi connectivity index (χ3v) is 18.5. The number of aromatic amines is 1. The van der Waals surface area contributed by atoms with Crippen LogP contribution in [0.3, 0.4) is 0 Å². The van der Waals surface area contributed by atoms with Crippen molar-refractivity contribution in [1.29, 1.82) is 0 Å². The van der Waals surface area contributed by atoms with Crippen LogP contribution in [0.4, 0.5) is 20.5 Å². The van der Waals surface area contributed by atoms with Gasteiger partial charge >= 0.3 is 6.80 Å². The van der Waals surface area contributed by atoms with Gasteiger partial charge in [0.1, 0.15) is 41.3 Å². The lowest BCUT2D eigenvalue weighted by Crippen LogP contribution is -2.34. The first-order valence-corrected chi connectivity index (χ1v) is 24.3. The van der Waals surface area contributed by atoms with Crippen molar-refractivity contribution in [3.05, 3.63) is 29.3 Å². The van der Waals surface area contributed by atoms with Crippen molar-refractivity contribution in [2.45, 2.75) is 90.3 Å². The third-order valence-electron chi connectivity index (χ3n) is 9.78. The van der Waals surface area contributed by atoms with Crippen LogP contribution in [-0.4, -0.2) is 112 Å². The van der Waals surface area contributed by atoms with E-state index in [1.54, 1.807) is 41.5 Å². The summed E-state index contributed by atoms with van der Waals surface area (Å²) in [5, 5.41) is 0. The van der Waals surface area contributed by atoms with Crippen molar-refractivity contribution in [3.63, 3.8) is 0 Å². The lowest BCUT2D eigenvalue weighted by atomic mass is 9.92. The first kappa shape index (κ1) is 42.8. The molecule has 5 N–H and O–H groups in total. The fourth-order valence-electron chi connectivity index (χ4n) is 6.32. The number of nitrogen functional groups attached to an aromatic ring is 2. The molecule has 0 aromatic carbocycles. The summed E-state index contributed by atoms with van der Waals surface area (Å²) in [6.45, 7) is -0.702. The molecule has 10 atom stereocenters. The number of nitrogens with one attached hydrogen (secondary N) is 1. The number of carbonyl (C=O) groups excluding carboxylic acids is 2. The van der Waals surface area contributed by atoms with Gasteiger partial charge in [0.15, 0.2) is 47.4 Å². The van der Waals surface area contributed by atoms with Gasteiger partial charge in [-0.3, -0.25) is 42.1 Å². The minimum atomic E-state index is -4.64. The number of Topliss-reactive ketones (excluding diaryl/α,β-unsaturated/α-hetero) is 2. The minimum absolute atomic E-state index is 0.00577. The lowest BCUT2D eigenvalue weighted by Gasteiger charge is -2.29. The summed E-state index contributed by atoms with van der Waals surface area (Å²) in [6, 6.07) is 0. The van der Waals surface area contributed by atoms with E-state index in [4.69, 9.17) is 34.5 Å². The monoisotopic (exact) mass is 890 g/mol. The number of fused-ring (bicyclic) bond motifs is 4. The van der Waals surface area contributed by atoms with Gasteiger partial charge in [0.05, 0.1) is 43.5 Å². The molecule has 0 amide bonds. The van der Waals surface area contributed by atoms with E-state index in [1.165, 1.54) is 10.9 Å². The average Bonchev–Trinajstić information content (AvgIpc) is 3.91. The first-order chi connectivity index (χ1) is 27.1. The van der Waals surface area contributed by atoms with Crippen LogP contribution in [0, 0.1) is 10.8 Å². The van der Waals surface area contributed by atoms with Crippen molar-refractivity contribution in [3.8, 4) is 0 Å². The molecule has 7 rings (SSSR count). The van der Waals surface area contributed by atoms with E-state index in [0.29, 0.717) is 22.8 Å². The first-order valence-electron chi connectivity index (χ1n) is 17.9. The number of alkyl halides is 2. The summed E-state index contributed by atoms with van der Waals surface area (Å²) in [5.74, 6) is -1.75. The number of H-pyrrole nitrogens is 1. The largest absolute Gasteiger partial charge is 0.390 e. The van der Waals surface area contributed by atoms with Crippen LogP contribution in [0.15, 0.2) is 23.8 Å². The van der Waals surface area contributed by atoms with E-state index >= 15 is 13.3 Å². The van der Waals surface area contributed by atoms with Gasteiger partial charge in [-0.15, -0.1) is 0 Å². The molecule has 0 saturated carbocycles. The van der Waals surface area contributed by atoms with E-state index in [9.17, 15) is 18.9 Å². The lowest BCUT2D eigenvalue weighted by molar-refractivity contribution is -0.124. The summed E-state index contributed by atoms with van der Waals surface area (Å²) in [5.41, 5.74) is 7.45. The molecule has 316 valence electrons. The van der Waals surface area contributed by atoms with Crippen molar-refractivity contribution in [2.75, 3.05) is 36.2 Å². The smallest absolute Gasteiger partial charge is 0.382 e. The van der Waals surface area contributed by atoms with Crippen molar-refractivity contribution in [2.24, 2.45) is 10.8 Å². The highest BCUT2D eigenvalue weighted by Crippen LogP contribution is 2.70. The molecular formula is C32H42F2N10O10P2S2. The number of ether oxygens (including phenoxy) is 2. The second kappa shape index (κ2) is 15.6. The van der Waals surface area contributed by atoms with Gasteiger partial charge < -0.3 is 25.5 Å². The Balaban J connectivity index is 1.30. The number of carbonyl (C=O) groups is 2. The number of halogens is 2. The molecule has 0 bridgehead atoms. The molecule has 3 aliphatic rings. The van der Waals surface area contributed by atoms with E-state index in [-0.39, 0.29) is 51.4 Å². The summed E-state index contributed by atoms with van der Waals surface area (Å²) < 4.78 is 96.8. The number of anilines is 2. The summed E-state index contributed by atoms with van der Waals surface area (Å²) in [4.78, 5) is 61.5. The molecule has 0 aliphatic carbocycles. The quantitative estimate of drug-likeness (QED) is 0.207. The number of ketones is 2. The molecule has 3 aliphatic heterocycles. The van der Waals surface area contributed by atoms with E-state index in [1.807, 2.05) is 0 Å². The summed E-state index contributed by atoms with van der Waals surface area (Å²) >= 11 is 1.05. The molecule has 7 heterocycles. The highest BCUT2D eigenvalue weighted by molar-refractivity contribution is 8.57. The maximum atomic E-state index is 17.2. The molecule has 20 nitrogen and oxygen atoms in total. The Kier molecular flexibility index (Phi) is 11.5. The van der Waals surface area contributed by atoms with Gasteiger partial charge in [-0.25, -0.2) is 33.3 Å². The van der Waals surface area contributed by atoms with E-state index in [2.05, 4.69) is 29.9 Å². The van der Waals surface area contributed by atoms with Gasteiger partial charge in [0.25, 0.3) is 12.1 Å². The highest BCUT2D eigenvalue weighted by Gasteiger charge is 2.59. The molecule has 6 unspecified atom stereocenters. The maximum Gasteiger partial charge on any atom is 0.390 e. The predicted molar refractivity (Wildman–Crippen MR) is 210 cm³/mol. The fourth-order valence-corrected chi connectivity index (χ4v) is 15.0. The Labute approximate surface area is 337 Å². The molecule has 0 radical (unpaired) electrons. The van der Waals surface area contributed by atoms with Crippen LogP contribution in [0.5, 0.6) is 0 Å². The number of aromatic nitrogens is 8. The Morgan fingerprint density at radius 2 is 1.43 bits per heavy atom. The zero-order valence-corrected chi connectivity index (χ0v) is 35.4. The standard InChI is InChI=1S/C32H42F2N10O10P2S2/c1-31(2,3)16(45)9-57-55(48)23-15(53-29(19(23)34)43-12-39-20-24(35)37-11-38-25(20)43)8-51-56(49,58-10-17(46)32(4,5)6)54-22-14(7-50-55)52-28(18(22)33)44-13-40-21-26(44)41-30(36)42-27(21)47/h11-15,18-19,22-23,28-29H,7-10H2,1-6H3,(H2,35,37,38)(H3,36,41,42,47)/t14?,15?,18-,19-,22-,23-,28?,29?,55?,56?/m1/s1. The Morgan fingerprint density at radius 3 is 2.10 bits per heavy atom. The Hall–Kier alpha value is -3.34. The zero-order chi connectivity index (χ0) is 42.1. The maximum absolute atomic E-state index is 17.2. The summed E-state index contributed by atoms with van der Waals surface area (Å²) in [7, 11) is 0. The Morgan fingerprint density at radius 1 is 0.845 bits per heavy atom. The van der Waals surface area contributed by atoms with E-state index in [0.717, 1.165) is 17.2 Å². The topological polar surface area (TPSA) is 274 Å². The van der Waals surface area contributed by atoms with Crippen molar-refractivity contribution < 1.29 is 50.5 Å². The number of hydrogen-bond acceptors (Lipinski definition) is 19. The highest BCUT2D eigenvalue weighted by atomic mass is 32.7. The van der Waals surface area contributed by atoms with Crippen LogP contribution in [0.25, 0.3) is 22.3 Å². The van der Waals surface area contributed by atoms with Gasteiger partial charge in [-0.1, -0.05) is 52.9 Å². The molecular weight excluding hydrogens is 848 g/mol. The van der Waals surface area contributed by atoms with Crippen LogP contribution in [0.1, 0.15) is 54.0 Å². The van der Waals surface area contributed by atoms with Crippen molar-refractivity contribution >= 4 is 81.8 Å². The molecule has 4 aromatic rings. The number of rotatable bonds is 8. The molecule has 58 heavy (non-hydrogen) atoms. The molecule has 0 spiro atoms. The number of hydrogen-bond donors (Lipinski definition) is 3. The molecule has 26 heteroatoms. The van der Waals surface area contributed by atoms with Gasteiger partial charge in [-0.05, 0) is 11.4 Å². The molecule has 3 saturated heterocycles. The zero-order valence-electron chi connectivity index (χ0n) is 32.0. The Bertz CT molecular complexity index is 2410. The predicted octanol–water partition coefficient (Wildman–Crippen LogP) is 4.39. The van der Waals surface area contributed by atoms with Gasteiger partial charge in [0.2, 0.25) is 5.95 Å². The number of imidazole rings is 2. The molecule has 4 aromatic heterocycles. The van der Waals surface area contributed by atoms with Gasteiger partial charge in [-0.2, -0.15) is 4.98 Å². The number of nitrogens with two attached hydrogens (primary N) is 2. The van der Waals surface area contributed by atoms with Crippen molar-refractivity contribution in [1.82, 2.24) is 39.0 Å². The average molecular weight is 891 g/mol. The van der Waals surface area contributed by atoms with E-state index < -0.39 is 97.5 Å². The SMILES string of the molecule is CC(C)(C)C(=O)CSP1(=O)OCC2OC(n3cnc4c(N)ncnc43)[C@H](F)[C@@H]2P(=O)(SCC(=O)C(C)(C)C)OCC2OC(n3cnc4c(=O)[nH]c(N)nc43)[C@H](F)[C@@H]2O1. The summed E-state index contributed by atoms with van der Waals surface area (Å²) in [6.07, 6.45) is -8.98. The van der Waals surface area contributed by atoms with Crippen LogP contribution < -0.4 is 17.0 Å². The van der Waals surface area contributed by atoms with Crippen LogP contribution >= 0.6 is 36.1 Å². The van der Waals surface area contributed by atoms with Crippen LogP contribution in [-0.2, 0) is 41.8 Å². The second-order valence-corrected chi connectivity index (χ2v) is 24.7.